The van der Waals surface area contributed by atoms with E-state index in [1.165, 1.54) is 32.4 Å². The summed E-state index contributed by atoms with van der Waals surface area (Å²) in [6.07, 6.45) is 1.48. The molecule has 2 rings (SSSR count). The molecule has 0 atom stereocenters. The highest BCUT2D eigenvalue weighted by Crippen LogP contribution is 2.21. The average Bonchev–Trinajstić information content (AvgIpc) is 2.46. The number of pyridine rings is 1. The lowest BCUT2D eigenvalue weighted by atomic mass is 10.1. The number of Topliss-reactive ketones (excluding diaryl/α,β-unsaturated/α-hetero) is 1. The van der Waals surface area contributed by atoms with Gasteiger partial charge in [0, 0.05) is 11.8 Å². The van der Waals surface area contributed by atoms with Crippen molar-refractivity contribution in [2.45, 2.75) is 6.92 Å². The number of amides is 1. The van der Waals surface area contributed by atoms with E-state index in [1.807, 2.05) is 0 Å². The Morgan fingerprint density at radius 3 is 2.67 bits per heavy atom. The van der Waals surface area contributed by atoms with Crippen molar-refractivity contribution in [2.75, 3.05) is 12.4 Å². The molecule has 21 heavy (non-hydrogen) atoms. The lowest BCUT2D eigenvalue weighted by Crippen LogP contribution is -2.16. The Bertz CT molecular complexity index is 701. The second-order valence-corrected chi connectivity index (χ2v) is 4.26. The zero-order valence-electron chi connectivity index (χ0n) is 11.5. The first kappa shape index (κ1) is 14.6. The molecule has 2 aromatic rings. The van der Waals surface area contributed by atoms with E-state index >= 15 is 0 Å². The van der Waals surface area contributed by atoms with Crippen LogP contribution in [0.3, 0.4) is 0 Å². The topological polar surface area (TPSA) is 68.3 Å². The fourth-order valence-corrected chi connectivity index (χ4v) is 1.84. The molecular formula is C15H13FN2O3. The second kappa shape index (κ2) is 6.13. The Labute approximate surface area is 120 Å². The second-order valence-electron chi connectivity index (χ2n) is 4.26. The van der Waals surface area contributed by atoms with Gasteiger partial charge in [-0.2, -0.15) is 0 Å². The third kappa shape index (κ3) is 3.22. The summed E-state index contributed by atoms with van der Waals surface area (Å²) in [5.41, 5.74) is 0.532. The number of ketones is 1. The number of hydrogen-bond acceptors (Lipinski definition) is 4. The predicted molar refractivity (Wildman–Crippen MR) is 75.1 cm³/mol. The van der Waals surface area contributed by atoms with Crippen LogP contribution in [0.25, 0.3) is 0 Å². The molecule has 1 aromatic carbocycles. The van der Waals surface area contributed by atoms with Gasteiger partial charge in [-0.05, 0) is 37.3 Å². The number of carbonyl (C=O) groups is 2. The van der Waals surface area contributed by atoms with Crippen LogP contribution in [0.5, 0.6) is 5.88 Å². The smallest absolute Gasteiger partial charge is 0.261 e. The van der Waals surface area contributed by atoms with E-state index in [0.29, 0.717) is 0 Å². The van der Waals surface area contributed by atoms with Gasteiger partial charge in [0.15, 0.2) is 5.78 Å². The van der Waals surface area contributed by atoms with Crippen molar-refractivity contribution in [3.63, 3.8) is 0 Å². The van der Waals surface area contributed by atoms with E-state index in [1.54, 1.807) is 6.07 Å². The normalized spacial score (nSPS) is 10.0. The van der Waals surface area contributed by atoms with E-state index in [9.17, 15) is 14.0 Å². The fourth-order valence-electron chi connectivity index (χ4n) is 1.84. The molecule has 0 aliphatic carbocycles. The minimum atomic E-state index is -0.548. The summed E-state index contributed by atoms with van der Waals surface area (Å²) in [7, 11) is 1.39. The highest BCUT2D eigenvalue weighted by molar-refractivity contribution is 6.09. The van der Waals surface area contributed by atoms with Gasteiger partial charge in [0.2, 0.25) is 5.88 Å². The number of halogens is 1. The molecule has 0 spiro atoms. The van der Waals surface area contributed by atoms with Crippen molar-refractivity contribution in [1.82, 2.24) is 4.98 Å². The minimum Gasteiger partial charge on any atom is -0.480 e. The Morgan fingerprint density at radius 1 is 1.24 bits per heavy atom. The summed E-state index contributed by atoms with van der Waals surface area (Å²) in [6, 6.07) is 6.69. The lowest BCUT2D eigenvalue weighted by Gasteiger charge is -2.11. The van der Waals surface area contributed by atoms with Crippen molar-refractivity contribution in [3.8, 4) is 5.88 Å². The number of methoxy groups -OCH3 is 1. The van der Waals surface area contributed by atoms with Crippen LogP contribution < -0.4 is 10.1 Å². The summed E-state index contributed by atoms with van der Waals surface area (Å²) >= 11 is 0. The van der Waals surface area contributed by atoms with E-state index in [2.05, 4.69) is 10.3 Å². The highest BCUT2D eigenvalue weighted by atomic mass is 19.1. The Hall–Kier alpha value is -2.76. The molecule has 0 aliphatic heterocycles. The molecule has 1 N–H and O–H groups in total. The molecule has 1 amide bonds. The van der Waals surface area contributed by atoms with E-state index in [4.69, 9.17) is 4.74 Å². The molecule has 1 heterocycles. The lowest BCUT2D eigenvalue weighted by molar-refractivity contribution is 0.101. The Balaban J connectivity index is 2.36. The van der Waals surface area contributed by atoms with Gasteiger partial charge >= 0.3 is 0 Å². The van der Waals surface area contributed by atoms with Crippen molar-refractivity contribution >= 4 is 17.4 Å². The zero-order chi connectivity index (χ0) is 15.4. The van der Waals surface area contributed by atoms with Gasteiger partial charge < -0.3 is 10.1 Å². The maximum absolute atomic E-state index is 13.3. The standard InChI is InChI=1S/C15H13FN2O3/c1-9(19)11-6-5-10(16)8-13(11)18-14(20)12-4-3-7-17-15(12)21-2/h3-8H,1-2H3,(H,18,20). The van der Waals surface area contributed by atoms with Crippen LogP contribution in [0.1, 0.15) is 27.6 Å². The summed E-state index contributed by atoms with van der Waals surface area (Å²) in [6.45, 7) is 1.34. The Kier molecular flexibility index (Phi) is 4.27. The van der Waals surface area contributed by atoms with Crippen LogP contribution in [-0.2, 0) is 0 Å². The van der Waals surface area contributed by atoms with E-state index < -0.39 is 11.7 Å². The van der Waals surface area contributed by atoms with Crippen LogP contribution in [0.2, 0.25) is 0 Å². The molecule has 0 unspecified atom stereocenters. The van der Waals surface area contributed by atoms with Gasteiger partial charge in [0.1, 0.15) is 11.4 Å². The summed E-state index contributed by atoms with van der Waals surface area (Å²) in [5.74, 6) is -1.21. The monoisotopic (exact) mass is 288 g/mol. The number of nitrogens with one attached hydrogen (secondary N) is 1. The van der Waals surface area contributed by atoms with E-state index in [-0.39, 0.29) is 28.5 Å². The highest BCUT2D eigenvalue weighted by Gasteiger charge is 2.16. The average molecular weight is 288 g/mol. The molecule has 0 saturated heterocycles. The molecule has 6 heteroatoms. The zero-order valence-corrected chi connectivity index (χ0v) is 11.5. The van der Waals surface area contributed by atoms with Crippen molar-refractivity contribution in [2.24, 2.45) is 0 Å². The maximum Gasteiger partial charge on any atom is 0.261 e. The van der Waals surface area contributed by atoms with Crippen LogP contribution in [-0.4, -0.2) is 23.8 Å². The first-order valence-corrected chi connectivity index (χ1v) is 6.13. The van der Waals surface area contributed by atoms with Gasteiger partial charge in [-0.25, -0.2) is 9.37 Å². The van der Waals surface area contributed by atoms with E-state index in [0.717, 1.165) is 12.1 Å². The first-order valence-electron chi connectivity index (χ1n) is 6.13. The maximum atomic E-state index is 13.3. The molecule has 5 nitrogen and oxygen atoms in total. The molecule has 0 bridgehead atoms. The third-order valence-corrected chi connectivity index (χ3v) is 2.82. The molecular weight excluding hydrogens is 275 g/mol. The molecule has 0 aliphatic rings. The number of hydrogen-bond donors (Lipinski definition) is 1. The summed E-state index contributed by atoms with van der Waals surface area (Å²) in [5, 5.41) is 2.50. The van der Waals surface area contributed by atoms with Gasteiger partial charge in [-0.3, -0.25) is 9.59 Å². The minimum absolute atomic E-state index is 0.110. The van der Waals surface area contributed by atoms with Gasteiger partial charge in [-0.1, -0.05) is 0 Å². The SMILES string of the molecule is COc1ncccc1C(=O)Nc1cc(F)ccc1C(C)=O. The van der Waals surface area contributed by atoms with Gasteiger partial charge in [-0.15, -0.1) is 0 Å². The number of nitrogens with zero attached hydrogens (tertiary/aromatic N) is 1. The van der Waals surface area contributed by atoms with Crippen LogP contribution in [0.4, 0.5) is 10.1 Å². The first-order chi connectivity index (χ1) is 10.0. The number of anilines is 1. The molecule has 0 fully saturated rings. The Morgan fingerprint density at radius 2 is 2.00 bits per heavy atom. The van der Waals surface area contributed by atoms with Crippen molar-refractivity contribution in [1.29, 1.82) is 0 Å². The number of benzene rings is 1. The van der Waals surface area contributed by atoms with Crippen LogP contribution in [0, 0.1) is 5.82 Å². The largest absolute Gasteiger partial charge is 0.480 e. The molecule has 108 valence electrons. The molecule has 0 radical (unpaired) electrons. The third-order valence-electron chi connectivity index (χ3n) is 2.82. The number of ether oxygens (including phenoxy) is 1. The van der Waals surface area contributed by atoms with Gasteiger partial charge in [0.25, 0.3) is 5.91 Å². The summed E-state index contributed by atoms with van der Waals surface area (Å²) < 4.78 is 18.3. The summed E-state index contributed by atoms with van der Waals surface area (Å²) in [4.78, 5) is 27.6. The molecule has 0 saturated carbocycles. The van der Waals surface area contributed by atoms with Crippen LogP contribution in [0.15, 0.2) is 36.5 Å². The van der Waals surface area contributed by atoms with Crippen molar-refractivity contribution < 1.29 is 18.7 Å². The van der Waals surface area contributed by atoms with Crippen LogP contribution >= 0.6 is 0 Å². The number of carbonyl (C=O) groups excluding carboxylic acids is 2. The van der Waals surface area contributed by atoms with Crippen molar-refractivity contribution in [3.05, 3.63) is 53.5 Å². The van der Waals surface area contributed by atoms with Gasteiger partial charge in [0.05, 0.1) is 12.8 Å². The fraction of sp³-hybridized carbons (Fsp3) is 0.133. The molecule has 1 aromatic heterocycles. The number of aromatic nitrogens is 1. The predicted octanol–water partition coefficient (Wildman–Crippen LogP) is 2.68. The number of rotatable bonds is 4. The quantitative estimate of drug-likeness (QED) is 0.878.